The van der Waals surface area contributed by atoms with E-state index in [1.54, 1.807) is 25.1 Å². The first-order valence-corrected chi connectivity index (χ1v) is 7.06. The van der Waals surface area contributed by atoms with Crippen LogP contribution in [-0.2, 0) is 17.9 Å². The van der Waals surface area contributed by atoms with Gasteiger partial charge in [0, 0.05) is 13.7 Å². The van der Waals surface area contributed by atoms with E-state index in [-0.39, 0.29) is 0 Å². The van der Waals surface area contributed by atoms with Gasteiger partial charge in [0.25, 0.3) is 0 Å². The summed E-state index contributed by atoms with van der Waals surface area (Å²) in [4.78, 5) is 0. The number of hydrogen-bond donors (Lipinski definition) is 1. The topological polar surface area (TPSA) is 56.5 Å². The average molecular weight is 290 g/mol. The molecule has 1 heterocycles. The molecule has 1 aromatic carbocycles. The molecule has 0 amide bonds. The Kier molecular flexibility index (Phi) is 5.36. The lowest BCUT2D eigenvalue weighted by molar-refractivity contribution is 0.183. The number of hydrogen-bond acceptors (Lipinski definition) is 4. The van der Waals surface area contributed by atoms with Crippen LogP contribution in [0.1, 0.15) is 36.3 Å². The zero-order valence-corrected chi connectivity index (χ0v) is 12.7. The van der Waals surface area contributed by atoms with Crippen LogP contribution in [0, 0.1) is 0 Å². The van der Waals surface area contributed by atoms with Gasteiger partial charge in [0.1, 0.15) is 11.8 Å². The second-order valence-electron chi connectivity index (χ2n) is 4.90. The first-order valence-electron chi connectivity index (χ1n) is 7.06. The summed E-state index contributed by atoms with van der Waals surface area (Å²) in [6.07, 6.45) is 1.81. The Hall–Kier alpha value is -1.85. The molecule has 0 saturated carbocycles. The molecule has 1 N–H and O–H groups in total. The summed E-state index contributed by atoms with van der Waals surface area (Å²) in [5.74, 6) is 0.605. The Balaban J connectivity index is 2.36. The number of ether oxygens (including phenoxy) is 2. The smallest absolute Gasteiger partial charge is 0.163 e. The third-order valence-corrected chi connectivity index (χ3v) is 3.34. The second kappa shape index (κ2) is 7.24. The number of aryl methyl sites for hydroxylation is 1. The summed E-state index contributed by atoms with van der Waals surface area (Å²) in [6.45, 7) is 3.34. The van der Waals surface area contributed by atoms with Crippen molar-refractivity contribution in [2.75, 3.05) is 14.2 Å². The third-order valence-electron chi connectivity index (χ3n) is 3.34. The van der Waals surface area contributed by atoms with E-state index in [2.05, 4.69) is 12.0 Å². The predicted molar refractivity (Wildman–Crippen MR) is 80.3 cm³/mol. The molecule has 0 aliphatic rings. The molecule has 0 fully saturated rings. The third kappa shape index (κ3) is 3.43. The fraction of sp³-hybridized carbons (Fsp3) is 0.438. The molecular weight excluding hydrogens is 268 g/mol. The van der Waals surface area contributed by atoms with Crippen LogP contribution in [0.5, 0.6) is 5.75 Å². The first-order chi connectivity index (χ1) is 10.2. The van der Waals surface area contributed by atoms with Gasteiger partial charge in [-0.25, -0.2) is 0 Å². The molecule has 0 bridgehead atoms. The summed E-state index contributed by atoms with van der Waals surface area (Å²) < 4.78 is 12.3. The molecule has 0 radical (unpaired) electrons. The van der Waals surface area contributed by atoms with E-state index in [4.69, 9.17) is 9.47 Å². The number of aliphatic hydroxyl groups is 1. The minimum Gasteiger partial charge on any atom is -0.493 e. The van der Waals surface area contributed by atoms with Crippen molar-refractivity contribution in [3.05, 3.63) is 47.3 Å². The van der Waals surface area contributed by atoms with Crippen molar-refractivity contribution in [3.63, 3.8) is 0 Å². The van der Waals surface area contributed by atoms with Gasteiger partial charge in [0.05, 0.1) is 19.9 Å². The summed E-state index contributed by atoms with van der Waals surface area (Å²) in [5, 5.41) is 15.0. The van der Waals surface area contributed by atoms with Gasteiger partial charge in [-0.1, -0.05) is 31.2 Å². The van der Waals surface area contributed by atoms with E-state index in [9.17, 15) is 5.11 Å². The lowest BCUT2D eigenvalue weighted by Gasteiger charge is -2.16. The van der Waals surface area contributed by atoms with Crippen molar-refractivity contribution in [2.24, 2.45) is 0 Å². The molecule has 1 aromatic heterocycles. The van der Waals surface area contributed by atoms with Crippen molar-refractivity contribution in [1.29, 1.82) is 0 Å². The number of aliphatic hydroxyl groups excluding tert-OH is 1. The summed E-state index contributed by atoms with van der Waals surface area (Å²) in [6, 6.07) is 7.73. The maximum Gasteiger partial charge on any atom is 0.163 e. The van der Waals surface area contributed by atoms with Crippen LogP contribution in [-0.4, -0.2) is 29.1 Å². The zero-order chi connectivity index (χ0) is 15.2. The van der Waals surface area contributed by atoms with Gasteiger partial charge in [-0.3, -0.25) is 4.68 Å². The van der Waals surface area contributed by atoms with Gasteiger partial charge in [0.15, 0.2) is 5.75 Å². The average Bonchev–Trinajstić information content (AvgIpc) is 2.90. The molecule has 5 heteroatoms. The van der Waals surface area contributed by atoms with Gasteiger partial charge in [-0.2, -0.15) is 5.10 Å². The normalized spacial score (nSPS) is 12.4. The van der Waals surface area contributed by atoms with Gasteiger partial charge >= 0.3 is 0 Å². The Morgan fingerprint density at radius 1 is 1.33 bits per heavy atom. The Labute approximate surface area is 125 Å². The fourth-order valence-corrected chi connectivity index (χ4v) is 2.38. The molecule has 1 atom stereocenters. The monoisotopic (exact) mass is 290 g/mol. The molecular formula is C16H22N2O3. The van der Waals surface area contributed by atoms with Gasteiger partial charge in [-0.05, 0) is 17.5 Å². The molecule has 0 aliphatic heterocycles. The maximum absolute atomic E-state index is 10.7. The standard InChI is InChI=1S/C16H22N2O3/c1-4-8-18-15(14(21-3)10-17-18)16(19)13-7-5-6-12(9-13)11-20-2/h5-7,9-10,16,19H,4,8,11H2,1-3H3. The van der Waals surface area contributed by atoms with E-state index in [1.165, 1.54) is 0 Å². The number of aromatic nitrogens is 2. The van der Waals surface area contributed by atoms with Gasteiger partial charge in [-0.15, -0.1) is 0 Å². The summed E-state index contributed by atoms with van der Waals surface area (Å²) in [7, 11) is 3.24. The quantitative estimate of drug-likeness (QED) is 0.851. The highest BCUT2D eigenvalue weighted by Gasteiger charge is 2.21. The first kappa shape index (κ1) is 15.5. The number of rotatable bonds is 7. The Morgan fingerprint density at radius 3 is 2.81 bits per heavy atom. The van der Waals surface area contributed by atoms with Crippen LogP contribution >= 0.6 is 0 Å². The number of nitrogens with zero attached hydrogens (tertiary/aromatic N) is 2. The zero-order valence-electron chi connectivity index (χ0n) is 12.7. The van der Waals surface area contributed by atoms with E-state index >= 15 is 0 Å². The molecule has 2 aromatic rings. The van der Waals surface area contributed by atoms with Crippen molar-refractivity contribution in [3.8, 4) is 5.75 Å². The van der Waals surface area contributed by atoms with Gasteiger partial charge in [0.2, 0.25) is 0 Å². The van der Waals surface area contributed by atoms with Crippen molar-refractivity contribution in [1.82, 2.24) is 9.78 Å². The minimum absolute atomic E-state index is 0.520. The molecule has 0 spiro atoms. The fourth-order valence-electron chi connectivity index (χ4n) is 2.38. The highest BCUT2D eigenvalue weighted by molar-refractivity contribution is 5.36. The maximum atomic E-state index is 10.7. The summed E-state index contributed by atoms with van der Waals surface area (Å²) in [5.41, 5.74) is 2.52. The highest BCUT2D eigenvalue weighted by Crippen LogP contribution is 2.30. The molecule has 2 rings (SSSR count). The molecule has 1 unspecified atom stereocenters. The molecule has 0 saturated heterocycles. The Bertz CT molecular complexity index is 581. The van der Waals surface area contributed by atoms with Crippen LogP contribution in [0.2, 0.25) is 0 Å². The van der Waals surface area contributed by atoms with Crippen LogP contribution in [0.25, 0.3) is 0 Å². The van der Waals surface area contributed by atoms with Crippen molar-refractivity contribution in [2.45, 2.75) is 32.6 Å². The van der Waals surface area contributed by atoms with Crippen LogP contribution in [0.4, 0.5) is 0 Å². The summed E-state index contributed by atoms with van der Waals surface area (Å²) >= 11 is 0. The number of methoxy groups -OCH3 is 2. The van der Waals surface area contributed by atoms with Crippen LogP contribution in [0.3, 0.4) is 0 Å². The van der Waals surface area contributed by atoms with Crippen molar-refractivity contribution < 1.29 is 14.6 Å². The predicted octanol–water partition coefficient (Wildman–Crippen LogP) is 2.53. The van der Waals surface area contributed by atoms with Crippen LogP contribution < -0.4 is 4.74 Å². The van der Waals surface area contributed by atoms with Gasteiger partial charge < -0.3 is 14.6 Å². The van der Waals surface area contributed by atoms with E-state index in [1.807, 2.05) is 24.3 Å². The molecule has 21 heavy (non-hydrogen) atoms. The second-order valence-corrected chi connectivity index (χ2v) is 4.90. The van der Waals surface area contributed by atoms with E-state index in [0.29, 0.717) is 18.1 Å². The SMILES string of the molecule is CCCn1ncc(OC)c1C(O)c1cccc(COC)c1. The van der Waals surface area contributed by atoms with Crippen molar-refractivity contribution >= 4 is 0 Å². The highest BCUT2D eigenvalue weighted by atomic mass is 16.5. The molecule has 0 aliphatic carbocycles. The van der Waals surface area contributed by atoms with E-state index in [0.717, 1.165) is 24.1 Å². The lowest BCUT2D eigenvalue weighted by Crippen LogP contribution is -2.11. The molecule has 5 nitrogen and oxygen atoms in total. The molecule has 114 valence electrons. The lowest BCUT2D eigenvalue weighted by atomic mass is 10.0. The van der Waals surface area contributed by atoms with Crippen LogP contribution in [0.15, 0.2) is 30.5 Å². The largest absolute Gasteiger partial charge is 0.493 e. The minimum atomic E-state index is -0.772. The Morgan fingerprint density at radius 2 is 2.14 bits per heavy atom. The number of benzene rings is 1. The van der Waals surface area contributed by atoms with E-state index < -0.39 is 6.10 Å².